The number of ether oxygens (including phenoxy) is 1. The minimum Gasteiger partial charge on any atom is -0.489 e. The number of fused-ring (bicyclic) bond motifs is 2. The summed E-state index contributed by atoms with van der Waals surface area (Å²) < 4.78 is 6.02. The summed E-state index contributed by atoms with van der Waals surface area (Å²) in [6.45, 7) is 7.08. The average Bonchev–Trinajstić information content (AvgIpc) is 3.08. The average molecular weight is 626 g/mol. The topological polar surface area (TPSA) is 55.4 Å². The molecule has 1 aliphatic carbocycles. The molecule has 0 fully saturated rings. The highest BCUT2D eigenvalue weighted by Gasteiger charge is 2.33. The number of unbranched alkanes of at least 4 members (excludes halogenated alkanes) is 2. The van der Waals surface area contributed by atoms with E-state index in [1.165, 1.54) is 42.2 Å². The quantitative estimate of drug-likeness (QED) is 0.137. The predicted octanol–water partition coefficient (Wildman–Crippen LogP) is 10.8. The normalized spacial score (nSPS) is 12.2. The Labute approximate surface area is 276 Å². The predicted molar refractivity (Wildman–Crippen MR) is 188 cm³/mol. The molecular formula is C41H39NO3S. The van der Waals surface area contributed by atoms with Crippen LogP contribution in [-0.2, 0) is 13.0 Å². The van der Waals surface area contributed by atoms with Gasteiger partial charge in [0.2, 0.25) is 0 Å². The van der Waals surface area contributed by atoms with Crippen molar-refractivity contribution in [2.45, 2.75) is 68.8 Å². The third-order valence-corrected chi connectivity index (χ3v) is 9.51. The van der Waals surface area contributed by atoms with Gasteiger partial charge in [-0.3, -0.25) is 9.59 Å². The minimum atomic E-state index is -0.142. The van der Waals surface area contributed by atoms with Gasteiger partial charge in [-0.05, 0) is 84.0 Å². The van der Waals surface area contributed by atoms with Crippen LogP contribution in [0.15, 0.2) is 119 Å². The van der Waals surface area contributed by atoms with Gasteiger partial charge in [0.15, 0.2) is 11.6 Å². The van der Waals surface area contributed by atoms with E-state index >= 15 is 0 Å². The number of nitrogens with one attached hydrogen (secondary N) is 1. The number of ketones is 2. The number of benzene rings is 5. The molecule has 0 radical (unpaired) electrons. The van der Waals surface area contributed by atoms with Crippen molar-refractivity contribution in [1.82, 2.24) is 0 Å². The molecule has 0 spiro atoms. The standard InChI is InChI=1S/C41H39NO3S/c1-4-5-6-9-28-16-20-31(21-17-28)42-36-12-7-10-34-38(36)40(43)35-11-8-13-37(39(35)41(34)44)46-33-24-22-32(23-25-33)45-26-29-14-18-30(19-15-29)27(2)3/h7-8,10-25,27,42H,4-6,9,26H2,1-3H3. The van der Waals surface area contributed by atoms with E-state index in [0.29, 0.717) is 40.5 Å². The zero-order chi connectivity index (χ0) is 32.0. The lowest BCUT2D eigenvalue weighted by atomic mass is 9.83. The van der Waals surface area contributed by atoms with E-state index in [0.717, 1.165) is 33.2 Å². The van der Waals surface area contributed by atoms with Gasteiger partial charge in [0.05, 0.1) is 11.3 Å². The maximum atomic E-state index is 14.0. The van der Waals surface area contributed by atoms with Crippen molar-refractivity contribution in [1.29, 1.82) is 0 Å². The van der Waals surface area contributed by atoms with Gasteiger partial charge in [-0.2, -0.15) is 0 Å². The van der Waals surface area contributed by atoms with Gasteiger partial charge in [0.25, 0.3) is 0 Å². The molecule has 0 amide bonds. The third-order valence-electron chi connectivity index (χ3n) is 8.44. The van der Waals surface area contributed by atoms with Gasteiger partial charge < -0.3 is 10.1 Å². The molecule has 0 saturated carbocycles. The highest BCUT2D eigenvalue weighted by atomic mass is 32.2. The molecule has 232 valence electrons. The van der Waals surface area contributed by atoms with Gasteiger partial charge in [0.1, 0.15) is 12.4 Å². The van der Waals surface area contributed by atoms with E-state index in [9.17, 15) is 9.59 Å². The molecule has 0 aliphatic heterocycles. The number of carbonyl (C=O) groups is 2. The second kappa shape index (κ2) is 14.2. The molecule has 0 atom stereocenters. The van der Waals surface area contributed by atoms with Crippen LogP contribution in [0.5, 0.6) is 5.75 Å². The Balaban J connectivity index is 1.17. The zero-order valence-electron chi connectivity index (χ0n) is 26.6. The SMILES string of the molecule is CCCCCc1ccc(Nc2cccc3c2C(=O)c2cccc(Sc4ccc(OCc5ccc(C(C)C)cc5)cc4)c2C3=O)cc1. The summed E-state index contributed by atoms with van der Waals surface area (Å²) in [4.78, 5) is 29.6. The highest BCUT2D eigenvalue weighted by Crippen LogP contribution is 2.40. The van der Waals surface area contributed by atoms with Crippen molar-refractivity contribution < 1.29 is 14.3 Å². The van der Waals surface area contributed by atoms with Crippen LogP contribution >= 0.6 is 11.8 Å². The second-order valence-electron chi connectivity index (χ2n) is 12.1. The summed E-state index contributed by atoms with van der Waals surface area (Å²) in [5.41, 5.74) is 7.02. The Hall–Kier alpha value is -4.61. The van der Waals surface area contributed by atoms with Gasteiger partial charge in [-0.25, -0.2) is 0 Å². The van der Waals surface area contributed by atoms with E-state index in [1.807, 2.05) is 60.7 Å². The van der Waals surface area contributed by atoms with Crippen molar-refractivity contribution in [2.75, 3.05) is 5.32 Å². The summed E-state index contributed by atoms with van der Waals surface area (Å²) in [7, 11) is 0. The number of carbonyl (C=O) groups excluding carboxylic acids is 2. The number of anilines is 2. The Morgan fingerprint density at radius 1 is 0.696 bits per heavy atom. The molecular weight excluding hydrogens is 587 g/mol. The van der Waals surface area contributed by atoms with Crippen molar-refractivity contribution >= 4 is 34.7 Å². The molecule has 46 heavy (non-hydrogen) atoms. The Kier molecular flexibility index (Phi) is 9.70. The zero-order valence-corrected chi connectivity index (χ0v) is 27.5. The Bertz CT molecular complexity index is 1840. The molecule has 4 nitrogen and oxygen atoms in total. The number of aryl methyl sites for hydroxylation is 1. The molecule has 5 heteroatoms. The molecule has 5 aromatic carbocycles. The molecule has 6 rings (SSSR count). The van der Waals surface area contributed by atoms with E-state index in [4.69, 9.17) is 4.74 Å². The van der Waals surface area contributed by atoms with E-state index in [2.05, 4.69) is 62.5 Å². The first-order valence-corrected chi connectivity index (χ1v) is 16.9. The van der Waals surface area contributed by atoms with E-state index in [1.54, 1.807) is 12.1 Å². The van der Waals surface area contributed by atoms with Crippen LogP contribution in [0.25, 0.3) is 0 Å². The van der Waals surface area contributed by atoms with Gasteiger partial charge in [0, 0.05) is 32.2 Å². The lowest BCUT2D eigenvalue weighted by Gasteiger charge is -2.22. The molecule has 0 heterocycles. The fourth-order valence-corrected chi connectivity index (χ4v) is 6.76. The van der Waals surface area contributed by atoms with Crippen LogP contribution in [0, 0.1) is 0 Å². The fraction of sp³-hybridized carbons (Fsp3) is 0.220. The van der Waals surface area contributed by atoms with Crippen molar-refractivity contribution in [3.63, 3.8) is 0 Å². The maximum Gasteiger partial charge on any atom is 0.196 e. The summed E-state index contributed by atoms with van der Waals surface area (Å²) in [5.74, 6) is 1.00. The largest absolute Gasteiger partial charge is 0.489 e. The molecule has 1 N–H and O–H groups in total. The van der Waals surface area contributed by atoms with Crippen molar-refractivity contribution in [3.8, 4) is 5.75 Å². The summed E-state index contributed by atoms with van der Waals surface area (Å²) >= 11 is 1.48. The minimum absolute atomic E-state index is 0.133. The van der Waals surface area contributed by atoms with Crippen LogP contribution in [0.1, 0.15) is 94.5 Å². The third kappa shape index (κ3) is 6.95. The van der Waals surface area contributed by atoms with Crippen LogP contribution in [0.2, 0.25) is 0 Å². The Morgan fingerprint density at radius 3 is 2.04 bits per heavy atom. The summed E-state index contributed by atoms with van der Waals surface area (Å²) in [6, 6.07) is 35.7. The lowest BCUT2D eigenvalue weighted by Crippen LogP contribution is -2.23. The van der Waals surface area contributed by atoms with Gasteiger partial charge in [-0.15, -0.1) is 0 Å². The molecule has 0 bridgehead atoms. The number of hydrogen-bond acceptors (Lipinski definition) is 5. The van der Waals surface area contributed by atoms with E-state index < -0.39 is 0 Å². The van der Waals surface area contributed by atoms with Crippen molar-refractivity contribution in [3.05, 3.63) is 148 Å². The Morgan fingerprint density at radius 2 is 1.35 bits per heavy atom. The highest BCUT2D eigenvalue weighted by molar-refractivity contribution is 7.99. The molecule has 0 aromatic heterocycles. The molecule has 1 aliphatic rings. The first-order valence-electron chi connectivity index (χ1n) is 16.1. The van der Waals surface area contributed by atoms with Crippen LogP contribution in [0.3, 0.4) is 0 Å². The second-order valence-corrected chi connectivity index (χ2v) is 13.2. The van der Waals surface area contributed by atoms with Crippen LogP contribution < -0.4 is 10.1 Å². The monoisotopic (exact) mass is 625 g/mol. The van der Waals surface area contributed by atoms with E-state index in [-0.39, 0.29) is 11.6 Å². The van der Waals surface area contributed by atoms with Gasteiger partial charge >= 0.3 is 0 Å². The summed E-state index contributed by atoms with van der Waals surface area (Å²) in [6.07, 6.45) is 4.67. The number of hydrogen-bond donors (Lipinski definition) is 1. The maximum absolute atomic E-state index is 14.0. The fourth-order valence-electron chi connectivity index (χ4n) is 5.78. The summed E-state index contributed by atoms with van der Waals surface area (Å²) in [5, 5.41) is 3.41. The smallest absolute Gasteiger partial charge is 0.196 e. The van der Waals surface area contributed by atoms with Crippen molar-refractivity contribution in [2.24, 2.45) is 0 Å². The lowest BCUT2D eigenvalue weighted by molar-refractivity contribution is 0.0977. The molecule has 5 aromatic rings. The molecule has 0 unspecified atom stereocenters. The number of rotatable bonds is 12. The van der Waals surface area contributed by atoms with Gasteiger partial charge in [-0.1, -0.05) is 106 Å². The van der Waals surface area contributed by atoms with Crippen LogP contribution in [-0.4, -0.2) is 11.6 Å². The van der Waals surface area contributed by atoms with Crippen LogP contribution in [0.4, 0.5) is 11.4 Å². The molecule has 0 saturated heterocycles. The first-order chi connectivity index (χ1) is 22.4. The first kappa shape index (κ1) is 31.4.